The normalized spacial score (nSPS) is 21.6. The summed E-state index contributed by atoms with van der Waals surface area (Å²) in [6, 6.07) is 13.9. The fourth-order valence-corrected chi connectivity index (χ4v) is 6.43. The predicted octanol–water partition coefficient (Wildman–Crippen LogP) is 2.38. The number of benzene rings is 2. The van der Waals surface area contributed by atoms with E-state index in [0.29, 0.717) is 5.56 Å². The molecule has 0 spiro atoms. The summed E-state index contributed by atoms with van der Waals surface area (Å²) in [4.78, 5) is -0.425. The van der Waals surface area contributed by atoms with Gasteiger partial charge in [0.05, 0.1) is 11.0 Å². The van der Waals surface area contributed by atoms with Gasteiger partial charge < -0.3 is 0 Å². The van der Waals surface area contributed by atoms with Gasteiger partial charge in [0.25, 0.3) is 0 Å². The van der Waals surface area contributed by atoms with Crippen molar-refractivity contribution in [3.8, 4) is 0 Å². The first-order chi connectivity index (χ1) is 11.8. The van der Waals surface area contributed by atoms with Crippen LogP contribution >= 0.6 is 0 Å². The lowest BCUT2D eigenvalue weighted by molar-refractivity contribution is 0.424. The van der Waals surface area contributed by atoms with Crippen LogP contribution in [0.2, 0.25) is 0 Å². The molecule has 3 rings (SSSR count). The molecule has 8 heteroatoms. The first kappa shape index (κ1) is 18.0. The minimum absolute atomic E-state index is 0.0233. The van der Waals surface area contributed by atoms with Crippen molar-refractivity contribution in [3.05, 3.63) is 66.0 Å². The van der Waals surface area contributed by atoms with Crippen LogP contribution in [-0.2, 0) is 19.9 Å². The van der Waals surface area contributed by atoms with Gasteiger partial charge in [-0.15, -0.1) is 0 Å². The average Bonchev–Trinajstić information content (AvgIpc) is 2.74. The Morgan fingerprint density at radius 2 is 1.60 bits per heavy atom. The monoisotopic (exact) mass is 383 g/mol. The molecule has 0 radical (unpaired) electrons. The Morgan fingerprint density at radius 3 is 2.28 bits per heavy atom. The van der Waals surface area contributed by atoms with E-state index < -0.39 is 35.8 Å². The zero-order chi connectivity index (χ0) is 18.1. The molecule has 2 aromatic rings. The highest BCUT2D eigenvalue weighted by Crippen LogP contribution is 2.31. The van der Waals surface area contributed by atoms with Gasteiger partial charge >= 0.3 is 0 Å². The zero-order valence-corrected chi connectivity index (χ0v) is 15.0. The molecule has 1 atom stereocenters. The van der Waals surface area contributed by atoms with Crippen molar-refractivity contribution in [2.75, 3.05) is 18.8 Å². The van der Waals surface area contributed by atoms with Crippen molar-refractivity contribution in [2.45, 2.75) is 16.6 Å². The lowest BCUT2D eigenvalue weighted by Crippen LogP contribution is -2.34. The standard InChI is InChI=1S/C17H18FNO4S2/c18-15-8-4-5-9-17(15)25(22,23)19-11-10-16(24(20,21)13-12-19)14-6-2-1-3-7-14/h1-9,16H,10-13H2. The highest BCUT2D eigenvalue weighted by Gasteiger charge is 2.36. The van der Waals surface area contributed by atoms with Crippen LogP contribution in [0.25, 0.3) is 0 Å². The van der Waals surface area contributed by atoms with Crippen LogP contribution < -0.4 is 0 Å². The summed E-state index contributed by atoms with van der Waals surface area (Å²) in [6.07, 6.45) is 0.139. The maximum atomic E-state index is 13.9. The van der Waals surface area contributed by atoms with E-state index in [1.54, 1.807) is 30.3 Å². The van der Waals surface area contributed by atoms with Crippen molar-refractivity contribution in [1.29, 1.82) is 0 Å². The van der Waals surface area contributed by atoms with E-state index in [9.17, 15) is 21.2 Å². The summed E-state index contributed by atoms with van der Waals surface area (Å²) in [5.74, 6) is -1.13. The van der Waals surface area contributed by atoms with Gasteiger partial charge in [-0.2, -0.15) is 4.31 Å². The van der Waals surface area contributed by atoms with E-state index in [-0.39, 0.29) is 25.3 Å². The van der Waals surface area contributed by atoms with Gasteiger partial charge in [-0.25, -0.2) is 21.2 Å². The highest BCUT2D eigenvalue weighted by atomic mass is 32.2. The zero-order valence-electron chi connectivity index (χ0n) is 13.4. The molecule has 1 unspecified atom stereocenters. The Kier molecular flexibility index (Phi) is 4.95. The van der Waals surface area contributed by atoms with Crippen LogP contribution in [-0.4, -0.2) is 40.0 Å². The number of hydrogen-bond acceptors (Lipinski definition) is 4. The van der Waals surface area contributed by atoms with Gasteiger partial charge in [0.15, 0.2) is 9.84 Å². The number of rotatable bonds is 3. The Morgan fingerprint density at radius 1 is 0.960 bits per heavy atom. The topological polar surface area (TPSA) is 71.5 Å². The molecule has 25 heavy (non-hydrogen) atoms. The van der Waals surface area contributed by atoms with Gasteiger partial charge in [0, 0.05) is 13.1 Å². The van der Waals surface area contributed by atoms with E-state index in [4.69, 9.17) is 0 Å². The smallest absolute Gasteiger partial charge is 0.228 e. The van der Waals surface area contributed by atoms with Crippen molar-refractivity contribution in [3.63, 3.8) is 0 Å². The van der Waals surface area contributed by atoms with Gasteiger partial charge in [-0.1, -0.05) is 42.5 Å². The van der Waals surface area contributed by atoms with Gasteiger partial charge in [0.2, 0.25) is 10.0 Å². The summed E-state index contributed by atoms with van der Waals surface area (Å²) >= 11 is 0. The van der Waals surface area contributed by atoms with Crippen LogP contribution in [0.5, 0.6) is 0 Å². The molecule has 0 saturated carbocycles. The van der Waals surface area contributed by atoms with E-state index >= 15 is 0 Å². The van der Waals surface area contributed by atoms with Crippen molar-refractivity contribution in [1.82, 2.24) is 4.31 Å². The molecular formula is C17H18FNO4S2. The Hall–Kier alpha value is -1.77. The summed E-state index contributed by atoms with van der Waals surface area (Å²) < 4.78 is 65.6. The van der Waals surface area contributed by atoms with Gasteiger partial charge in [-0.3, -0.25) is 0 Å². The Balaban J connectivity index is 1.92. The molecular weight excluding hydrogens is 365 g/mol. The Labute approximate surface area is 147 Å². The minimum Gasteiger partial charge on any atom is -0.228 e. The largest absolute Gasteiger partial charge is 0.246 e. The van der Waals surface area contributed by atoms with E-state index in [0.717, 1.165) is 10.4 Å². The summed E-state index contributed by atoms with van der Waals surface area (Å²) in [5.41, 5.74) is 0.646. The van der Waals surface area contributed by atoms with Crippen LogP contribution in [0.15, 0.2) is 59.5 Å². The second kappa shape index (κ2) is 6.86. The summed E-state index contributed by atoms with van der Waals surface area (Å²) in [5, 5.41) is -0.755. The fourth-order valence-electron chi connectivity index (χ4n) is 3.00. The number of hydrogen-bond donors (Lipinski definition) is 0. The first-order valence-corrected chi connectivity index (χ1v) is 11.0. The highest BCUT2D eigenvalue weighted by molar-refractivity contribution is 7.92. The molecule has 0 bridgehead atoms. The van der Waals surface area contributed by atoms with E-state index in [2.05, 4.69) is 0 Å². The third-order valence-electron chi connectivity index (χ3n) is 4.33. The van der Waals surface area contributed by atoms with Gasteiger partial charge in [0.1, 0.15) is 10.7 Å². The number of halogens is 1. The lowest BCUT2D eigenvalue weighted by Gasteiger charge is -2.20. The van der Waals surface area contributed by atoms with E-state index in [1.807, 2.05) is 0 Å². The molecule has 1 fully saturated rings. The predicted molar refractivity (Wildman–Crippen MR) is 92.7 cm³/mol. The fraction of sp³-hybridized carbons (Fsp3) is 0.294. The molecule has 1 heterocycles. The molecule has 134 valence electrons. The molecule has 2 aromatic carbocycles. The molecule has 1 aliphatic rings. The number of nitrogens with zero attached hydrogens (tertiary/aromatic N) is 1. The van der Waals surface area contributed by atoms with Crippen molar-refractivity contribution in [2.24, 2.45) is 0 Å². The quantitative estimate of drug-likeness (QED) is 0.816. The molecule has 0 amide bonds. The second-order valence-electron chi connectivity index (χ2n) is 5.89. The van der Waals surface area contributed by atoms with Crippen LogP contribution in [0.3, 0.4) is 0 Å². The lowest BCUT2D eigenvalue weighted by atomic mass is 10.1. The van der Waals surface area contributed by atoms with Gasteiger partial charge in [-0.05, 0) is 24.1 Å². The maximum Gasteiger partial charge on any atom is 0.246 e. The number of sulfonamides is 1. The van der Waals surface area contributed by atoms with Crippen LogP contribution in [0, 0.1) is 5.82 Å². The van der Waals surface area contributed by atoms with Crippen LogP contribution in [0.1, 0.15) is 17.2 Å². The third kappa shape index (κ3) is 3.61. The maximum absolute atomic E-state index is 13.9. The molecule has 0 aliphatic carbocycles. The summed E-state index contributed by atoms with van der Waals surface area (Å²) in [6.45, 7) is -0.155. The molecule has 1 aliphatic heterocycles. The van der Waals surface area contributed by atoms with E-state index in [1.165, 1.54) is 18.2 Å². The van der Waals surface area contributed by atoms with Crippen molar-refractivity contribution < 1.29 is 21.2 Å². The molecule has 1 saturated heterocycles. The molecule has 0 N–H and O–H groups in total. The average molecular weight is 383 g/mol. The summed E-state index contributed by atoms with van der Waals surface area (Å²) in [7, 11) is -7.58. The molecule has 0 aromatic heterocycles. The third-order valence-corrected chi connectivity index (χ3v) is 8.38. The minimum atomic E-state index is -4.08. The van der Waals surface area contributed by atoms with Crippen LogP contribution in [0.4, 0.5) is 4.39 Å². The molecule has 5 nitrogen and oxygen atoms in total. The number of sulfone groups is 1. The first-order valence-electron chi connectivity index (χ1n) is 7.83. The van der Waals surface area contributed by atoms with Crippen molar-refractivity contribution >= 4 is 19.9 Å². The Bertz CT molecular complexity index is 959. The second-order valence-corrected chi connectivity index (χ2v) is 10.1. The SMILES string of the molecule is O=S1(=O)CCN(S(=O)(=O)c2ccccc2F)CCC1c1ccccc1.